The first-order valence-corrected chi connectivity index (χ1v) is 5.27. The summed E-state index contributed by atoms with van der Waals surface area (Å²) in [6.07, 6.45) is 4.07. The van der Waals surface area contributed by atoms with Crippen LogP contribution in [0.4, 0.5) is 4.79 Å². The Morgan fingerprint density at radius 3 is 2.61 bits per heavy atom. The van der Waals surface area contributed by atoms with Crippen molar-refractivity contribution in [1.29, 1.82) is 0 Å². The van der Waals surface area contributed by atoms with Crippen LogP contribution in [-0.4, -0.2) is 66.6 Å². The highest BCUT2D eigenvalue weighted by atomic mass is 16.5. The molecule has 0 aliphatic rings. The standard InChI is InChI=1S/C11H18N2O5/c1-4-5-9(10(15)16)12-11(17)13(2)6-8(14)7-18-3/h1,8-9,14H,5-7H2,2-3H3,(H,12,17)(H,15,16). The Hall–Kier alpha value is -1.78. The Labute approximate surface area is 106 Å². The lowest BCUT2D eigenvalue weighted by atomic mass is 10.2. The zero-order chi connectivity index (χ0) is 14.1. The van der Waals surface area contributed by atoms with E-state index in [1.807, 2.05) is 0 Å². The number of nitrogens with zero attached hydrogens (tertiary/aromatic N) is 1. The Bertz CT molecular complexity index is 326. The monoisotopic (exact) mass is 258 g/mol. The lowest BCUT2D eigenvalue weighted by molar-refractivity contribution is -0.139. The molecule has 0 aromatic heterocycles. The van der Waals surface area contributed by atoms with E-state index in [4.69, 9.17) is 16.3 Å². The smallest absolute Gasteiger partial charge is 0.327 e. The van der Waals surface area contributed by atoms with Gasteiger partial charge in [0.1, 0.15) is 6.04 Å². The summed E-state index contributed by atoms with van der Waals surface area (Å²) in [5.41, 5.74) is 0. The third kappa shape index (κ3) is 6.08. The van der Waals surface area contributed by atoms with E-state index in [1.54, 1.807) is 0 Å². The van der Waals surface area contributed by atoms with Crippen LogP contribution in [0, 0.1) is 12.3 Å². The van der Waals surface area contributed by atoms with Crippen LogP contribution in [0.3, 0.4) is 0 Å². The summed E-state index contributed by atoms with van der Waals surface area (Å²) < 4.78 is 4.71. The zero-order valence-electron chi connectivity index (χ0n) is 10.4. The van der Waals surface area contributed by atoms with Crippen LogP contribution in [-0.2, 0) is 9.53 Å². The second-order valence-electron chi connectivity index (χ2n) is 3.74. The fraction of sp³-hybridized carbons (Fsp3) is 0.636. The molecular weight excluding hydrogens is 240 g/mol. The van der Waals surface area contributed by atoms with Crippen molar-refractivity contribution in [3.63, 3.8) is 0 Å². The number of nitrogens with one attached hydrogen (secondary N) is 1. The molecule has 0 radical (unpaired) electrons. The number of methoxy groups -OCH3 is 1. The molecular formula is C11H18N2O5. The summed E-state index contributed by atoms with van der Waals surface area (Å²) in [5.74, 6) is 0.969. The highest BCUT2D eigenvalue weighted by Gasteiger charge is 2.21. The van der Waals surface area contributed by atoms with E-state index < -0.39 is 24.1 Å². The Balaban J connectivity index is 4.29. The molecule has 3 N–H and O–H groups in total. The number of rotatable bonds is 7. The number of carboxylic acids is 1. The molecule has 0 spiro atoms. The molecule has 0 saturated heterocycles. The number of hydrogen-bond acceptors (Lipinski definition) is 4. The van der Waals surface area contributed by atoms with Gasteiger partial charge in [-0.05, 0) is 0 Å². The molecule has 0 aromatic carbocycles. The quantitative estimate of drug-likeness (QED) is 0.515. The Kier molecular flexibility index (Phi) is 7.51. The highest BCUT2D eigenvalue weighted by molar-refractivity contribution is 5.82. The number of hydrogen-bond donors (Lipinski definition) is 3. The predicted molar refractivity (Wildman–Crippen MR) is 63.9 cm³/mol. The molecule has 0 aliphatic heterocycles. The number of carbonyl (C=O) groups is 2. The van der Waals surface area contributed by atoms with Crippen molar-refractivity contribution in [3.8, 4) is 12.3 Å². The number of aliphatic hydroxyl groups excluding tert-OH is 1. The number of aliphatic hydroxyl groups is 1. The maximum atomic E-state index is 11.6. The Morgan fingerprint density at radius 1 is 1.56 bits per heavy atom. The molecule has 7 heteroatoms. The number of urea groups is 1. The minimum absolute atomic E-state index is 0.0298. The normalized spacial score (nSPS) is 13.2. The molecule has 0 rings (SSSR count). The van der Waals surface area contributed by atoms with Gasteiger partial charge < -0.3 is 25.2 Å². The van der Waals surface area contributed by atoms with Crippen molar-refractivity contribution in [2.24, 2.45) is 0 Å². The van der Waals surface area contributed by atoms with Crippen molar-refractivity contribution in [1.82, 2.24) is 10.2 Å². The summed E-state index contributed by atoms with van der Waals surface area (Å²) in [4.78, 5) is 23.5. The van der Waals surface area contributed by atoms with Crippen LogP contribution in [0.25, 0.3) is 0 Å². The third-order valence-corrected chi connectivity index (χ3v) is 2.11. The molecule has 2 unspecified atom stereocenters. The first kappa shape index (κ1) is 16.2. The third-order valence-electron chi connectivity index (χ3n) is 2.11. The van der Waals surface area contributed by atoms with Crippen LogP contribution in [0.5, 0.6) is 0 Å². The molecule has 0 saturated carbocycles. The largest absolute Gasteiger partial charge is 0.480 e. The summed E-state index contributed by atoms with van der Waals surface area (Å²) in [6.45, 7) is 0.117. The second-order valence-corrected chi connectivity index (χ2v) is 3.74. The number of terminal acetylenes is 1. The van der Waals surface area contributed by atoms with Gasteiger partial charge in [0.15, 0.2) is 0 Å². The van der Waals surface area contributed by atoms with Gasteiger partial charge in [-0.3, -0.25) is 0 Å². The summed E-state index contributed by atoms with van der Waals surface area (Å²) in [5, 5.41) is 20.5. The van der Waals surface area contributed by atoms with Crippen LogP contribution < -0.4 is 5.32 Å². The number of carbonyl (C=O) groups excluding carboxylic acids is 1. The molecule has 102 valence electrons. The first-order chi connectivity index (χ1) is 8.42. The molecule has 0 fully saturated rings. The second kappa shape index (κ2) is 8.33. The first-order valence-electron chi connectivity index (χ1n) is 5.27. The van der Waals surface area contributed by atoms with E-state index in [0.29, 0.717) is 0 Å². The number of carboxylic acid groups (broad SMARTS) is 1. The molecule has 0 bridgehead atoms. The van der Waals surface area contributed by atoms with Gasteiger partial charge in [0.2, 0.25) is 0 Å². The van der Waals surface area contributed by atoms with Crippen LogP contribution >= 0.6 is 0 Å². The number of amides is 2. The van der Waals surface area contributed by atoms with Crippen LogP contribution in [0.2, 0.25) is 0 Å². The molecule has 2 amide bonds. The fourth-order valence-corrected chi connectivity index (χ4v) is 1.22. The highest BCUT2D eigenvalue weighted by Crippen LogP contribution is 1.96. The van der Waals surface area contributed by atoms with E-state index in [1.165, 1.54) is 14.2 Å². The summed E-state index contributed by atoms with van der Waals surface area (Å²) in [6, 6.07) is -1.75. The van der Waals surface area contributed by atoms with Gasteiger partial charge in [-0.15, -0.1) is 12.3 Å². The average Bonchev–Trinajstić information content (AvgIpc) is 2.28. The van der Waals surface area contributed by atoms with Crippen LogP contribution in [0.1, 0.15) is 6.42 Å². The Morgan fingerprint density at radius 2 is 2.17 bits per heavy atom. The maximum Gasteiger partial charge on any atom is 0.327 e. The molecule has 0 heterocycles. The van der Waals surface area contributed by atoms with Crippen molar-refractivity contribution in [2.45, 2.75) is 18.6 Å². The van der Waals surface area contributed by atoms with Gasteiger partial charge in [-0.2, -0.15) is 0 Å². The number of aliphatic carboxylic acids is 1. The van der Waals surface area contributed by atoms with E-state index in [0.717, 1.165) is 4.90 Å². The van der Waals surface area contributed by atoms with Crippen molar-refractivity contribution >= 4 is 12.0 Å². The van der Waals surface area contributed by atoms with E-state index in [9.17, 15) is 14.7 Å². The minimum atomic E-state index is -1.20. The zero-order valence-corrected chi connectivity index (χ0v) is 10.4. The summed E-state index contributed by atoms with van der Waals surface area (Å²) >= 11 is 0. The minimum Gasteiger partial charge on any atom is -0.480 e. The average molecular weight is 258 g/mol. The van der Waals surface area contributed by atoms with E-state index in [-0.39, 0.29) is 19.6 Å². The molecule has 2 atom stereocenters. The van der Waals surface area contributed by atoms with Gasteiger partial charge >= 0.3 is 12.0 Å². The van der Waals surface area contributed by atoms with E-state index in [2.05, 4.69) is 11.2 Å². The van der Waals surface area contributed by atoms with Gasteiger partial charge in [0.25, 0.3) is 0 Å². The van der Waals surface area contributed by atoms with Crippen molar-refractivity contribution in [2.75, 3.05) is 27.3 Å². The molecule has 0 aliphatic carbocycles. The van der Waals surface area contributed by atoms with Crippen LogP contribution in [0.15, 0.2) is 0 Å². The fourth-order valence-electron chi connectivity index (χ4n) is 1.22. The van der Waals surface area contributed by atoms with Crippen molar-refractivity contribution < 1.29 is 24.5 Å². The van der Waals surface area contributed by atoms with E-state index >= 15 is 0 Å². The summed E-state index contributed by atoms with van der Waals surface area (Å²) in [7, 11) is 2.86. The maximum absolute atomic E-state index is 11.6. The van der Waals surface area contributed by atoms with Gasteiger partial charge in [-0.1, -0.05) is 0 Å². The lowest BCUT2D eigenvalue weighted by Crippen LogP contribution is -2.48. The van der Waals surface area contributed by atoms with Gasteiger partial charge in [0, 0.05) is 20.6 Å². The molecule has 0 aromatic rings. The lowest BCUT2D eigenvalue weighted by Gasteiger charge is -2.22. The number of likely N-dealkylation sites (N-methyl/N-ethyl adjacent to an activating group) is 1. The van der Waals surface area contributed by atoms with Gasteiger partial charge in [0.05, 0.1) is 19.3 Å². The number of ether oxygens (including phenoxy) is 1. The van der Waals surface area contributed by atoms with Crippen molar-refractivity contribution in [3.05, 3.63) is 0 Å². The predicted octanol–water partition coefficient (Wildman–Crippen LogP) is -0.888. The van der Waals surface area contributed by atoms with Gasteiger partial charge in [-0.25, -0.2) is 9.59 Å². The molecule has 7 nitrogen and oxygen atoms in total. The topological polar surface area (TPSA) is 99.1 Å². The molecule has 18 heavy (non-hydrogen) atoms. The SMILES string of the molecule is C#CCC(NC(=O)N(C)CC(O)COC)C(=O)O.